The molecule has 2 saturated carbocycles. The largest absolute Gasteiger partial charge is 0.235 e. The second-order valence-electron chi connectivity index (χ2n) is 3.46. The van der Waals surface area contributed by atoms with Gasteiger partial charge in [-0.15, -0.1) is 0 Å². The van der Waals surface area contributed by atoms with Crippen LogP contribution in [0.1, 0.15) is 25.7 Å². The van der Waals surface area contributed by atoms with Crippen LogP contribution in [0.5, 0.6) is 0 Å². The van der Waals surface area contributed by atoms with Crippen molar-refractivity contribution in [2.24, 2.45) is 16.8 Å². The fourth-order valence-electron chi connectivity index (χ4n) is 2.44. The molecule has 54 valence electrons. The lowest BCUT2D eigenvalue weighted by Crippen LogP contribution is -2.13. The predicted molar refractivity (Wildman–Crippen MR) is 37.4 cm³/mol. The summed E-state index contributed by atoms with van der Waals surface area (Å²) < 4.78 is 0. The third-order valence-electron chi connectivity index (χ3n) is 2.92. The fourth-order valence-corrected chi connectivity index (χ4v) is 2.44. The van der Waals surface area contributed by atoms with E-state index in [1.165, 1.54) is 19.3 Å². The van der Waals surface area contributed by atoms with Crippen molar-refractivity contribution in [2.45, 2.75) is 31.7 Å². The quantitative estimate of drug-likeness (QED) is 0.398. The SMILES string of the molecule is O=C=N[C@@H]1C[C@@H]2CC[C@H]1C2. The molecule has 0 unspecified atom stereocenters. The van der Waals surface area contributed by atoms with Crippen LogP contribution in [-0.4, -0.2) is 12.1 Å². The molecule has 0 saturated heterocycles. The molecular weight excluding hydrogens is 126 g/mol. The Bertz CT molecular complexity index is 184. The van der Waals surface area contributed by atoms with E-state index >= 15 is 0 Å². The number of nitrogens with zero attached hydrogens (tertiary/aromatic N) is 1. The number of fused-ring (bicyclic) bond motifs is 2. The average Bonchev–Trinajstić information content (AvgIpc) is 2.48. The zero-order valence-corrected chi connectivity index (χ0v) is 5.92. The first-order valence-corrected chi connectivity index (χ1v) is 3.97. The number of carbonyl (C=O) groups excluding carboxylic acids is 1. The van der Waals surface area contributed by atoms with E-state index in [4.69, 9.17) is 0 Å². The summed E-state index contributed by atoms with van der Waals surface area (Å²) >= 11 is 0. The van der Waals surface area contributed by atoms with Crippen LogP contribution in [0.4, 0.5) is 0 Å². The maximum Gasteiger partial charge on any atom is 0.235 e. The zero-order chi connectivity index (χ0) is 6.97. The van der Waals surface area contributed by atoms with E-state index in [2.05, 4.69) is 4.99 Å². The van der Waals surface area contributed by atoms with Crippen molar-refractivity contribution in [3.63, 3.8) is 0 Å². The lowest BCUT2D eigenvalue weighted by molar-refractivity contribution is 0.417. The van der Waals surface area contributed by atoms with Crippen molar-refractivity contribution >= 4 is 6.08 Å². The first kappa shape index (κ1) is 6.11. The summed E-state index contributed by atoms with van der Waals surface area (Å²) in [4.78, 5) is 13.7. The number of hydrogen-bond donors (Lipinski definition) is 0. The van der Waals surface area contributed by atoms with Crippen molar-refractivity contribution in [3.05, 3.63) is 0 Å². The Morgan fingerprint density at radius 2 is 2.20 bits per heavy atom. The minimum Gasteiger partial charge on any atom is -0.211 e. The van der Waals surface area contributed by atoms with Crippen LogP contribution in [-0.2, 0) is 4.79 Å². The summed E-state index contributed by atoms with van der Waals surface area (Å²) in [6.45, 7) is 0. The van der Waals surface area contributed by atoms with Gasteiger partial charge in [-0.05, 0) is 31.1 Å². The van der Waals surface area contributed by atoms with E-state index in [1.807, 2.05) is 0 Å². The van der Waals surface area contributed by atoms with Gasteiger partial charge in [0, 0.05) is 0 Å². The molecule has 0 amide bonds. The summed E-state index contributed by atoms with van der Waals surface area (Å²) in [5.74, 6) is 1.61. The normalized spacial score (nSPS) is 43.4. The van der Waals surface area contributed by atoms with Crippen molar-refractivity contribution in [1.29, 1.82) is 0 Å². The first-order chi connectivity index (χ1) is 4.90. The van der Waals surface area contributed by atoms with Gasteiger partial charge in [-0.25, -0.2) is 9.79 Å². The van der Waals surface area contributed by atoms with Crippen LogP contribution in [0.3, 0.4) is 0 Å². The Morgan fingerprint density at radius 1 is 1.30 bits per heavy atom. The van der Waals surface area contributed by atoms with Crippen LogP contribution < -0.4 is 0 Å². The highest BCUT2D eigenvalue weighted by Crippen LogP contribution is 2.45. The highest BCUT2D eigenvalue weighted by atomic mass is 16.1. The Morgan fingerprint density at radius 3 is 2.70 bits per heavy atom. The van der Waals surface area contributed by atoms with Gasteiger partial charge in [-0.3, -0.25) is 0 Å². The maximum atomic E-state index is 9.95. The molecule has 2 nitrogen and oxygen atoms in total. The van der Waals surface area contributed by atoms with Gasteiger partial charge in [0.15, 0.2) is 0 Å². The molecule has 0 aromatic heterocycles. The summed E-state index contributed by atoms with van der Waals surface area (Å²) in [5.41, 5.74) is 0. The molecule has 2 aliphatic carbocycles. The smallest absolute Gasteiger partial charge is 0.211 e. The van der Waals surface area contributed by atoms with Crippen LogP contribution in [0, 0.1) is 11.8 Å². The van der Waals surface area contributed by atoms with Gasteiger partial charge in [0.25, 0.3) is 0 Å². The van der Waals surface area contributed by atoms with Crippen LogP contribution in [0.2, 0.25) is 0 Å². The maximum absolute atomic E-state index is 9.95. The molecular formula is C8H11NO. The third kappa shape index (κ3) is 0.800. The molecule has 0 N–H and O–H groups in total. The topological polar surface area (TPSA) is 29.4 Å². The lowest BCUT2D eigenvalue weighted by Gasteiger charge is -2.14. The first-order valence-electron chi connectivity index (χ1n) is 3.97. The second-order valence-corrected chi connectivity index (χ2v) is 3.46. The molecule has 0 aliphatic heterocycles. The van der Waals surface area contributed by atoms with Crippen molar-refractivity contribution < 1.29 is 4.79 Å². The molecule has 0 spiro atoms. The molecule has 0 radical (unpaired) electrons. The van der Waals surface area contributed by atoms with Crippen molar-refractivity contribution in [3.8, 4) is 0 Å². The van der Waals surface area contributed by atoms with Gasteiger partial charge in [-0.2, -0.15) is 0 Å². The minimum absolute atomic E-state index is 0.344. The van der Waals surface area contributed by atoms with Crippen LogP contribution in [0.25, 0.3) is 0 Å². The molecule has 2 aliphatic rings. The molecule has 3 atom stereocenters. The standard InChI is InChI=1S/C8H11NO/c10-5-9-8-4-6-1-2-7(8)3-6/h6-8H,1-4H2/t6-,7+,8-/m1/s1. The second kappa shape index (κ2) is 2.21. The Hall–Kier alpha value is -0.620. The number of rotatable bonds is 1. The molecule has 2 rings (SSSR count). The molecule has 0 aromatic carbocycles. The van der Waals surface area contributed by atoms with E-state index < -0.39 is 0 Å². The van der Waals surface area contributed by atoms with Crippen molar-refractivity contribution in [1.82, 2.24) is 0 Å². The minimum atomic E-state index is 0.344. The number of hydrogen-bond acceptors (Lipinski definition) is 2. The molecule has 2 heteroatoms. The Labute approximate surface area is 60.3 Å². The fraction of sp³-hybridized carbons (Fsp3) is 0.875. The van der Waals surface area contributed by atoms with E-state index in [9.17, 15) is 4.79 Å². The number of aliphatic imine (C=N–C) groups is 1. The van der Waals surface area contributed by atoms with E-state index in [0.29, 0.717) is 6.04 Å². The van der Waals surface area contributed by atoms with Gasteiger partial charge < -0.3 is 0 Å². The van der Waals surface area contributed by atoms with E-state index in [-0.39, 0.29) is 0 Å². The third-order valence-corrected chi connectivity index (χ3v) is 2.92. The molecule has 2 bridgehead atoms. The predicted octanol–water partition coefficient (Wildman–Crippen LogP) is 1.51. The Balaban J connectivity index is 2.08. The molecule has 0 heterocycles. The van der Waals surface area contributed by atoms with Gasteiger partial charge in [0.05, 0.1) is 6.04 Å². The average molecular weight is 137 g/mol. The summed E-state index contributed by atoms with van der Waals surface area (Å²) in [7, 11) is 0. The molecule has 0 aromatic rings. The van der Waals surface area contributed by atoms with Crippen LogP contribution in [0.15, 0.2) is 4.99 Å². The monoisotopic (exact) mass is 137 g/mol. The summed E-state index contributed by atoms with van der Waals surface area (Å²) in [5, 5.41) is 0. The van der Waals surface area contributed by atoms with Crippen molar-refractivity contribution in [2.75, 3.05) is 0 Å². The van der Waals surface area contributed by atoms with Gasteiger partial charge in [0.2, 0.25) is 6.08 Å². The van der Waals surface area contributed by atoms with Crippen LogP contribution >= 0.6 is 0 Å². The highest BCUT2D eigenvalue weighted by Gasteiger charge is 2.39. The Kier molecular flexibility index (Phi) is 1.35. The lowest BCUT2D eigenvalue weighted by atomic mass is 9.96. The molecule has 2 fully saturated rings. The van der Waals surface area contributed by atoms with Gasteiger partial charge in [-0.1, -0.05) is 6.42 Å². The van der Waals surface area contributed by atoms with E-state index in [0.717, 1.165) is 18.3 Å². The zero-order valence-electron chi connectivity index (χ0n) is 5.92. The van der Waals surface area contributed by atoms with E-state index in [1.54, 1.807) is 6.08 Å². The van der Waals surface area contributed by atoms with Gasteiger partial charge in [0.1, 0.15) is 0 Å². The molecule has 10 heavy (non-hydrogen) atoms. The summed E-state index contributed by atoms with van der Waals surface area (Å²) in [6.07, 6.45) is 6.80. The number of isocyanates is 1. The summed E-state index contributed by atoms with van der Waals surface area (Å²) in [6, 6.07) is 0.344. The van der Waals surface area contributed by atoms with Gasteiger partial charge >= 0.3 is 0 Å². The highest BCUT2D eigenvalue weighted by molar-refractivity contribution is 5.34.